The van der Waals surface area contributed by atoms with E-state index in [9.17, 15) is 4.79 Å². The lowest BCUT2D eigenvalue weighted by atomic mass is 10.2. The lowest BCUT2D eigenvalue weighted by Gasteiger charge is -2.12. The van der Waals surface area contributed by atoms with Crippen LogP contribution in [0.1, 0.15) is 30.5 Å². The Bertz CT molecular complexity index is 1050. The molecule has 3 rings (SSSR count). The largest absolute Gasteiger partial charge is 0.493 e. The number of aromatic amines is 1. The van der Waals surface area contributed by atoms with E-state index in [1.807, 2.05) is 6.92 Å². The molecule has 9 heteroatoms. The Balaban J connectivity index is 1.85. The first-order valence-electron chi connectivity index (χ1n) is 9.48. The molecule has 0 aliphatic rings. The van der Waals surface area contributed by atoms with Crippen molar-refractivity contribution in [2.75, 3.05) is 21.3 Å². The van der Waals surface area contributed by atoms with Gasteiger partial charge in [0.25, 0.3) is 5.56 Å². The SMILES string of the molecule is CCCc1cc(=O)[nH]c(SCc2nc(-c3cc(OC)c(OC)c(OC)c3)oc2C)n1. The van der Waals surface area contributed by atoms with Gasteiger partial charge in [0, 0.05) is 23.1 Å². The van der Waals surface area contributed by atoms with Crippen molar-refractivity contribution in [2.24, 2.45) is 0 Å². The second-order valence-electron chi connectivity index (χ2n) is 6.52. The van der Waals surface area contributed by atoms with Gasteiger partial charge in [-0.15, -0.1) is 0 Å². The van der Waals surface area contributed by atoms with Gasteiger partial charge in [-0.3, -0.25) is 4.79 Å². The second kappa shape index (κ2) is 9.71. The molecule has 3 aromatic rings. The van der Waals surface area contributed by atoms with Gasteiger partial charge < -0.3 is 23.6 Å². The van der Waals surface area contributed by atoms with Gasteiger partial charge in [-0.1, -0.05) is 25.1 Å². The molecule has 0 aliphatic heterocycles. The van der Waals surface area contributed by atoms with Crippen LogP contribution in [0, 0.1) is 6.92 Å². The predicted molar refractivity (Wildman–Crippen MR) is 115 cm³/mol. The lowest BCUT2D eigenvalue weighted by Crippen LogP contribution is -2.10. The highest BCUT2D eigenvalue weighted by Crippen LogP contribution is 2.41. The topological polar surface area (TPSA) is 99.5 Å². The normalized spacial score (nSPS) is 10.8. The van der Waals surface area contributed by atoms with Gasteiger partial charge in [-0.2, -0.15) is 0 Å². The molecule has 30 heavy (non-hydrogen) atoms. The zero-order chi connectivity index (χ0) is 21.7. The molecule has 0 unspecified atom stereocenters. The summed E-state index contributed by atoms with van der Waals surface area (Å²) in [4.78, 5) is 23.7. The molecule has 1 aromatic carbocycles. The molecule has 160 valence electrons. The van der Waals surface area contributed by atoms with Crippen molar-refractivity contribution in [3.05, 3.63) is 45.7 Å². The fraction of sp³-hybridized carbons (Fsp3) is 0.381. The average Bonchev–Trinajstić information content (AvgIpc) is 3.11. The van der Waals surface area contributed by atoms with E-state index < -0.39 is 0 Å². The van der Waals surface area contributed by atoms with Crippen LogP contribution in [0.5, 0.6) is 17.2 Å². The number of aryl methyl sites for hydroxylation is 2. The molecule has 8 nitrogen and oxygen atoms in total. The second-order valence-corrected chi connectivity index (χ2v) is 7.48. The summed E-state index contributed by atoms with van der Waals surface area (Å²) in [6, 6.07) is 5.12. The molecule has 0 bridgehead atoms. The number of H-pyrrole nitrogens is 1. The maximum atomic E-state index is 11.8. The standard InChI is InChI=1S/C21H25N3O5S/c1-6-7-14-10-18(25)24-21(22-14)30-11-15-12(2)29-20(23-15)13-8-16(26-3)19(28-5)17(9-13)27-4/h8-10H,6-7,11H2,1-5H3,(H,22,24,25). The fourth-order valence-corrected chi connectivity index (χ4v) is 3.86. The quantitative estimate of drug-likeness (QED) is 0.401. The Morgan fingerprint density at radius 2 is 1.77 bits per heavy atom. The molecule has 0 aliphatic carbocycles. The van der Waals surface area contributed by atoms with Gasteiger partial charge in [-0.05, 0) is 25.5 Å². The van der Waals surface area contributed by atoms with Crippen LogP contribution in [0.25, 0.3) is 11.5 Å². The summed E-state index contributed by atoms with van der Waals surface area (Å²) >= 11 is 1.41. The number of rotatable bonds is 9. The number of benzene rings is 1. The number of aromatic nitrogens is 3. The molecular formula is C21H25N3O5S. The van der Waals surface area contributed by atoms with Gasteiger partial charge in [-0.25, -0.2) is 9.97 Å². The minimum atomic E-state index is -0.147. The molecule has 0 saturated carbocycles. The Morgan fingerprint density at radius 3 is 2.37 bits per heavy atom. The Hall–Kier alpha value is -2.94. The van der Waals surface area contributed by atoms with Crippen LogP contribution in [-0.4, -0.2) is 36.3 Å². The molecule has 2 aromatic heterocycles. The molecule has 0 spiro atoms. The summed E-state index contributed by atoms with van der Waals surface area (Å²) in [6.07, 6.45) is 1.70. The highest BCUT2D eigenvalue weighted by atomic mass is 32.2. The van der Waals surface area contributed by atoms with Crippen LogP contribution in [0.2, 0.25) is 0 Å². The molecule has 0 atom stereocenters. The molecule has 1 N–H and O–H groups in total. The number of hydrogen-bond donors (Lipinski definition) is 1. The maximum absolute atomic E-state index is 11.8. The maximum Gasteiger partial charge on any atom is 0.251 e. The van der Waals surface area contributed by atoms with Crippen LogP contribution >= 0.6 is 11.8 Å². The van der Waals surface area contributed by atoms with E-state index in [1.165, 1.54) is 17.8 Å². The van der Waals surface area contributed by atoms with E-state index in [0.29, 0.717) is 45.4 Å². The van der Waals surface area contributed by atoms with Crippen molar-refractivity contribution < 1.29 is 18.6 Å². The smallest absolute Gasteiger partial charge is 0.251 e. The summed E-state index contributed by atoms with van der Waals surface area (Å²) in [5.41, 5.74) is 2.12. The predicted octanol–water partition coefficient (Wildman–Crippen LogP) is 4.00. The van der Waals surface area contributed by atoms with Gasteiger partial charge in [0.15, 0.2) is 16.7 Å². The zero-order valence-corrected chi connectivity index (χ0v) is 18.5. The highest BCUT2D eigenvalue weighted by Gasteiger charge is 2.18. The summed E-state index contributed by atoms with van der Waals surface area (Å²) in [7, 11) is 4.67. The van der Waals surface area contributed by atoms with Crippen LogP contribution in [0.15, 0.2) is 32.6 Å². The number of nitrogens with zero attached hydrogens (tertiary/aromatic N) is 2. The zero-order valence-electron chi connectivity index (χ0n) is 17.7. The van der Waals surface area contributed by atoms with Gasteiger partial charge in [0.1, 0.15) is 5.76 Å². The molecule has 0 saturated heterocycles. The van der Waals surface area contributed by atoms with Crippen LogP contribution in [0.3, 0.4) is 0 Å². The summed E-state index contributed by atoms with van der Waals surface area (Å²) in [5.74, 6) is 3.20. The molecular weight excluding hydrogens is 406 g/mol. The van der Waals surface area contributed by atoms with E-state index in [0.717, 1.165) is 24.2 Å². The van der Waals surface area contributed by atoms with Gasteiger partial charge in [0.2, 0.25) is 11.6 Å². The minimum Gasteiger partial charge on any atom is -0.493 e. The summed E-state index contributed by atoms with van der Waals surface area (Å²) in [6.45, 7) is 3.91. The molecule has 0 fully saturated rings. The van der Waals surface area contributed by atoms with Gasteiger partial charge >= 0.3 is 0 Å². The van der Waals surface area contributed by atoms with E-state index >= 15 is 0 Å². The van der Waals surface area contributed by atoms with E-state index in [-0.39, 0.29) is 5.56 Å². The number of oxazole rings is 1. The number of hydrogen-bond acceptors (Lipinski definition) is 8. The van der Waals surface area contributed by atoms with Crippen molar-refractivity contribution in [3.8, 4) is 28.7 Å². The van der Waals surface area contributed by atoms with Crippen LogP contribution < -0.4 is 19.8 Å². The van der Waals surface area contributed by atoms with E-state index in [1.54, 1.807) is 33.5 Å². The van der Waals surface area contributed by atoms with Crippen molar-refractivity contribution in [3.63, 3.8) is 0 Å². The summed E-state index contributed by atoms with van der Waals surface area (Å²) < 4.78 is 22.1. The highest BCUT2D eigenvalue weighted by molar-refractivity contribution is 7.98. The number of nitrogens with one attached hydrogen (secondary N) is 1. The van der Waals surface area contributed by atoms with E-state index in [4.69, 9.17) is 18.6 Å². The molecule has 0 radical (unpaired) electrons. The van der Waals surface area contributed by atoms with E-state index in [2.05, 4.69) is 21.9 Å². The van der Waals surface area contributed by atoms with Crippen LogP contribution in [0.4, 0.5) is 0 Å². The lowest BCUT2D eigenvalue weighted by molar-refractivity contribution is 0.324. The van der Waals surface area contributed by atoms with Crippen LogP contribution in [-0.2, 0) is 12.2 Å². The van der Waals surface area contributed by atoms with Crippen molar-refractivity contribution in [1.29, 1.82) is 0 Å². The molecule has 0 amide bonds. The first-order chi connectivity index (χ1) is 14.5. The first-order valence-corrected chi connectivity index (χ1v) is 10.5. The molecule has 2 heterocycles. The Morgan fingerprint density at radius 1 is 1.07 bits per heavy atom. The third-order valence-electron chi connectivity index (χ3n) is 4.43. The fourth-order valence-electron chi connectivity index (χ4n) is 2.96. The third kappa shape index (κ3) is 4.79. The monoisotopic (exact) mass is 431 g/mol. The Labute approximate surface area is 179 Å². The minimum absolute atomic E-state index is 0.147. The summed E-state index contributed by atoms with van der Waals surface area (Å²) in [5, 5.41) is 0.572. The number of thioether (sulfide) groups is 1. The van der Waals surface area contributed by atoms with Crippen molar-refractivity contribution >= 4 is 11.8 Å². The van der Waals surface area contributed by atoms with Crippen molar-refractivity contribution in [2.45, 2.75) is 37.6 Å². The van der Waals surface area contributed by atoms with Crippen molar-refractivity contribution in [1.82, 2.24) is 15.0 Å². The third-order valence-corrected chi connectivity index (χ3v) is 5.31. The van der Waals surface area contributed by atoms with Gasteiger partial charge in [0.05, 0.1) is 27.0 Å². The Kier molecular flexibility index (Phi) is 7.04. The first kappa shape index (κ1) is 21.8. The average molecular weight is 432 g/mol. The number of ether oxygens (including phenoxy) is 3. The number of methoxy groups -OCH3 is 3.